The van der Waals surface area contributed by atoms with Crippen molar-refractivity contribution in [2.75, 3.05) is 19.6 Å². The van der Waals surface area contributed by atoms with Gasteiger partial charge in [0.1, 0.15) is 0 Å². The van der Waals surface area contributed by atoms with Gasteiger partial charge in [-0.2, -0.15) is 0 Å². The van der Waals surface area contributed by atoms with Gasteiger partial charge in [0.05, 0.1) is 5.92 Å². The molecule has 0 aliphatic carbocycles. The standard InChI is InChI=1S/C16H28N2O3/c1-10(2)17-6-5-13(8-17)9-18-12(4)15(16(20)21)11(3)7-14(18)19/h10-13,15H,5-9H2,1-4H3,(H,20,21). The number of hydrogen-bond acceptors (Lipinski definition) is 3. The lowest BCUT2D eigenvalue weighted by atomic mass is 9.80. The largest absolute Gasteiger partial charge is 0.481 e. The SMILES string of the molecule is CC1CC(=O)N(CC2CCN(C(C)C)C2)C(C)C1C(=O)O. The third-order valence-corrected chi connectivity index (χ3v) is 5.23. The van der Waals surface area contributed by atoms with Crippen molar-refractivity contribution >= 4 is 11.9 Å². The first kappa shape index (κ1) is 16.3. The summed E-state index contributed by atoms with van der Waals surface area (Å²) < 4.78 is 0. The highest BCUT2D eigenvalue weighted by molar-refractivity contribution is 5.81. The lowest BCUT2D eigenvalue weighted by Crippen LogP contribution is -2.54. The highest BCUT2D eigenvalue weighted by atomic mass is 16.4. The molecule has 2 aliphatic heterocycles. The van der Waals surface area contributed by atoms with Gasteiger partial charge >= 0.3 is 5.97 Å². The molecule has 0 radical (unpaired) electrons. The van der Waals surface area contributed by atoms with Gasteiger partial charge in [0.15, 0.2) is 0 Å². The molecule has 2 saturated heterocycles. The summed E-state index contributed by atoms with van der Waals surface area (Å²) in [6.45, 7) is 11.0. The van der Waals surface area contributed by atoms with Gasteiger partial charge in [-0.3, -0.25) is 9.59 Å². The molecule has 2 fully saturated rings. The molecule has 0 aromatic carbocycles. The lowest BCUT2D eigenvalue weighted by Gasteiger charge is -2.41. The summed E-state index contributed by atoms with van der Waals surface area (Å²) in [7, 11) is 0. The molecule has 1 amide bonds. The van der Waals surface area contributed by atoms with Crippen LogP contribution in [0.5, 0.6) is 0 Å². The minimum atomic E-state index is -0.775. The van der Waals surface area contributed by atoms with Gasteiger partial charge in [-0.25, -0.2) is 0 Å². The van der Waals surface area contributed by atoms with Crippen LogP contribution in [0.15, 0.2) is 0 Å². The molecule has 0 bridgehead atoms. The topological polar surface area (TPSA) is 60.9 Å². The van der Waals surface area contributed by atoms with E-state index in [2.05, 4.69) is 18.7 Å². The van der Waals surface area contributed by atoms with Gasteiger partial charge in [-0.05, 0) is 45.6 Å². The van der Waals surface area contributed by atoms with Crippen molar-refractivity contribution in [3.05, 3.63) is 0 Å². The van der Waals surface area contributed by atoms with Crippen LogP contribution in [0.4, 0.5) is 0 Å². The summed E-state index contributed by atoms with van der Waals surface area (Å²) >= 11 is 0. The summed E-state index contributed by atoms with van der Waals surface area (Å²) in [6, 6.07) is 0.336. The van der Waals surface area contributed by atoms with Crippen molar-refractivity contribution in [3.63, 3.8) is 0 Å². The minimum absolute atomic E-state index is 0.0722. The predicted molar refractivity (Wildman–Crippen MR) is 80.9 cm³/mol. The number of hydrogen-bond donors (Lipinski definition) is 1. The van der Waals surface area contributed by atoms with E-state index in [-0.39, 0.29) is 17.9 Å². The number of aliphatic carboxylic acids is 1. The molecule has 120 valence electrons. The Labute approximate surface area is 127 Å². The molecule has 5 heteroatoms. The number of carbonyl (C=O) groups excluding carboxylic acids is 1. The van der Waals surface area contributed by atoms with Crippen molar-refractivity contribution in [3.8, 4) is 0 Å². The zero-order valence-corrected chi connectivity index (χ0v) is 13.6. The molecule has 5 nitrogen and oxygen atoms in total. The van der Waals surface area contributed by atoms with Gasteiger partial charge in [-0.15, -0.1) is 0 Å². The van der Waals surface area contributed by atoms with Crippen LogP contribution >= 0.6 is 0 Å². The summed E-state index contributed by atoms with van der Waals surface area (Å²) in [5, 5.41) is 9.41. The van der Waals surface area contributed by atoms with E-state index in [9.17, 15) is 14.7 Å². The van der Waals surface area contributed by atoms with Crippen molar-refractivity contribution in [2.45, 2.75) is 52.6 Å². The van der Waals surface area contributed by atoms with Crippen LogP contribution in [-0.4, -0.2) is 58.5 Å². The molecular weight excluding hydrogens is 268 g/mol. The molecule has 2 aliphatic rings. The average Bonchev–Trinajstić information content (AvgIpc) is 2.82. The van der Waals surface area contributed by atoms with E-state index in [1.165, 1.54) is 0 Å². The van der Waals surface area contributed by atoms with Crippen molar-refractivity contribution in [1.29, 1.82) is 0 Å². The van der Waals surface area contributed by atoms with Crippen molar-refractivity contribution in [2.24, 2.45) is 17.8 Å². The molecule has 21 heavy (non-hydrogen) atoms. The number of likely N-dealkylation sites (tertiary alicyclic amines) is 2. The van der Waals surface area contributed by atoms with E-state index in [0.717, 1.165) is 19.5 Å². The fraction of sp³-hybridized carbons (Fsp3) is 0.875. The molecule has 0 aromatic rings. The van der Waals surface area contributed by atoms with Crippen molar-refractivity contribution < 1.29 is 14.7 Å². The van der Waals surface area contributed by atoms with Crippen LogP contribution in [0.1, 0.15) is 40.5 Å². The highest BCUT2D eigenvalue weighted by Crippen LogP contribution is 2.31. The van der Waals surface area contributed by atoms with Crippen LogP contribution in [0.25, 0.3) is 0 Å². The first-order chi connectivity index (χ1) is 9.81. The lowest BCUT2D eigenvalue weighted by molar-refractivity contribution is -0.155. The Hall–Kier alpha value is -1.10. The molecule has 2 heterocycles. The van der Waals surface area contributed by atoms with E-state index in [4.69, 9.17) is 0 Å². The predicted octanol–water partition coefficient (Wildman–Crippen LogP) is 1.67. The van der Waals surface area contributed by atoms with E-state index < -0.39 is 11.9 Å². The van der Waals surface area contributed by atoms with E-state index in [0.29, 0.717) is 24.9 Å². The number of rotatable bonds is 4. The fourth-order valence-corrected chi connectivity index (χ4v) is 3.89. The van der Waals surface area contributed by atoms with Crippen LogP contribution in [-0.2, 0) is 9.59 Å². The van der Waals surface area contributed by atoms with E-state index >= 15 is 0 Å². The minimum Gasteiger partial charge on any atom is -0.481 e. The quantitative estimate of drug-likeness (QED) is 0.857. The number of piperidine rings is 1. The molecule has 0 spiro atoms. The number of nitrogens with zero attached hydrogens (tertiary/aromatic N) is 2. The highest BCUT2D eigenvalue weighted by Gasteiger charge is 2.42. The summed E-state index contributed by atoms with van der Waals surface area (Å²) in [6.07, 6.45) is 1.46. The smallest absolute Gasteiger partial charge is 0.308 e. The molecule has 4 atom stereocenters. The van der Waals surface area contributed by atoms with E-state index in [1.807, 2.05) is 18.7 Å². The van der Waals surface area contributed by atoms with Crippen molar-refractivity contribution in [1.82, 2.24) is 9.80 Å². The number of amides is 1. The van der Waals surface area contributed by atoms with Gasteiger partial charge in [0, 0.05) is 31.6 Å². The van der Waals surface area contributed by atoms with Crippen LogP contribution in [0, 0.1) is 17.8 Å². The maximum Gasteiger partial charge on any atom is 0.308 e. The third kappa shape index (κ3) is 3.39. The average molecular weight is 296 g/mol. The van der Waals surface area contributed by atoms with Crippen LogP contribution in [0.3, 0.4) is 0 Å². The maximum atomic E-state index is 12.3. The molecule has 1 N–H and O–H groups in total. The second kappa shape index (κ2) is 6.34. The second-order valence-electron chi connectivity index (χ2n) is 7.08. The van der Waals surface area contributed by atoms with Crippen LogP contribution in [0.2, 0.25) is 0 Å². The molecule has 4 unspecified atom stereocenters. The number of carbonyl (C=O) groups is 2. The summed E-state index contributed by atoms with van der Waals surface area (Å²) in [4.78, 5) is 28.0. The Balaban J connectivity index is 2.01. The summed E-state index contributed by atoms with van der Waals surface area (Å²) in [5.41, 5.74) is 0. The molecule has 2 rings (SSSR count). The Bertz CT molecular complexity index is 410. The van der Waals surface area contributed by atoms with Gasteiger partial charge < -0.3 is 14.9 Å². The molecule has 0 aromatic heterocycles. The van der Waals surface area contributed by atoms with Crippen LogP contribution < -0.4 is 0 Å². The fourth-order valence-electron chi connectivity index (χ4n) is 3.89. The van der Waals surface area contributed by atoms with E-state index in [1.54, 1.807) is 0 Å². The maximum absolute atomic E-state index is 12.3. The van der Waals surface area contributed by atoms with Gasteiger partial charge in [0.25, 0.3) is 0 Å². The zero-order valence-electron chi connectivity index (χ0n) is 13.6. The Morgan fingerprint density at radius 1 is 1.38 bits per heavy atom. The Morgan fingerprint density at radius 2 is 2.05 bits per heavy atom. The first-order valence-electron chi connectivity index (χ1n) is 8.07. The number of carboxylic acids is 1. The number of carboxylic acid groups (broad SMARTS) is 1. The normalized spacial score (nSPS) is 34.7. The van der Waals surface area contributed by atoms with Gasteiger partial charge in [-0.1, -0.05) is 6.92 Å². The first-order valence-corrected chi connectivity index (χ1v) is 8.07. The molecular formula is C16H28N2O3. The molecule has 0 saturated carbocycles. The Kier molecular flexibility index (Phi) is 4.91. The monoisotopic (exact) mass is 296 g/mol. The third-order valence-electron chi connectivity index (χ3n) is 5.23. The zero-order chi connectivity index (χ0) is 15.7. The summed E-state index contributed by atoms with van der Waals surface area (Å²) in [5.74, 6) is -0.692. The second-order valence-corrected chi connectivity index (χ2v) is 7.08. The van der Waals surface area contributed by atoms with Gasteiger partial charge in [0.2, 0.25) is 5.91 Å². The Morgan fingerprint density at radius 3 is 2.57 bits per heavy atom.